The number of aryl methyl sites for hydroxylation is 1. The molecule has 2 rings (SSSR count). The number of halogens is 1. The fourth-order valence-electron chi connectivity index (χ4n) is 2.11. The van der Waals surface area contributed by atoms with E-state index in [-0.39, 0.29) is 12.1 Å². The number of alkyl halides is 1. The monoisotopic (exact) mass is 266 g/mol. The smallest absolute Gasteiger partial charge is 0.101 e. The number of para-hydroxylation sites is 1. The van der Waals surface area contributed by atoms with Gasteiger partial charge in [-0.3, -0.25) is 4.39 Å². The van der Waals surface area contributed by atoms with Crippen molar-refractivity contribution < 1.29 is 9.13 Å². The van der Waals surface area contributed by atoms with Crippen LogP contribution >= 0.6 is 0 Å². The Morgan fingerprint density at radius 2 is 2.11 bits per heavy atom. The van der Waals surface area contributed by atoms with Gasteiger partial charge in [0.15, 0.2) is 0 Å². The normalized spacial score (nSPS) is 18.7. The molecule has 1 heterocycles. The quantitative estimate of drug-likeness (QED) is 0.795. The highest BCUT2D eigenvalue weighted by molar-refractivity contribution is 5.50. The van der Waals surface area contributed by atoms with Gasteiger partial charge in [0.2, 0.25) is 0 Å². The average Bonchev–Trinajstić information content (AvgIpc) is 2.37. The van der Waals surface area contributed by atoms with Crippen molar-refractivity contribution in [1.82, 2.24) is 5.32 Å². The molecule has 0 spiro atoms. The van der Waals surface area contributed by atoms with Crippen LogP contribution in [0.1, 0.15) is 12.5 Å². The summed E-state index contributed by atoms with van der Waals surface area (Å²) in [5, 5.41) is 6.80. The van der Waals surface area contributed by atoms with E-state index in [1.807, 2.05) is 12.1 Å². The summed E-state index contributed by atoms with van der Waals surface area (Å²) in [5.41, 5.74) is 2.11. The summed E-state index contributed by atoms with van der Waals surface area (Å²) < 4.78 is 18.0. The van der Waals surface area contributed by atoms with Gasteiger partial charge in [0.1, 0.15) is 6.67 Å². The largest absolute Gasteiger partial charge is 0.383 e. The second-order valence-corrected chi connectivity index (χ2v) is 5.60. The second kappa shape index (κ2) is 6.35. The minimum absolute atomic E-state index is 0.281. The first kappa shape index (κ1) is 14.3. The van der Waals surface area contributed by atoms with E-state index in [1.54, 1.807) is 0 Å². The van der Waals surface area contributed by atoms with Gasteiger partial charge >= 0.3 is 0 Å². The van der Waals surface area contributed by atoms with Crippen molar-refractivity contribution in [2.75, 3.05) is 38.3 Å². The Morgan fingerprint density at radius 1 is 1.37 bits per heavy atom. The predicted molar refractivity (Wildman–Crippen MR) is 76.4 cm³/mol. The molecule has 0 aliphatic carbocycles. The fraction of sp³-hybridized carbons (Fsp3) is 0.600. The average molecular weight is 266 g/mol. The highest BCUT2D eigenvalue weighted by Gasteiger charge is 2.38. The molecule has 1 aromatic carbocycles. The van der Waals surface area contributed by atoms with E-state index in [0.717, 1.165) is 12.2 Å². The zero-order valence-electron chi connectivity index (χ0n) is 11.7. The summed E-state index contributed by atoms with van der Waals surface area (Å²) in [6, 6.07) is 8.51. The SMILES string of the molecule is Cc1ccccc1NCC(C)NCC1(CF)COC1. The van der Waals surface area contributed by atoms with Gasteiger partial charge in [-0.1, -0.05) is 18.2 Å². The van der Waals surface area contributed by atoms with Crippen LogP contribution < -0.4 is 10.6 Å². The molecule has 1 fully saturated rings. The maximum Gasteiger partial charge on any atom is 0.101 e. The van der Waals surface area contributed by atoms with E-state index in [1.165, 1.54) is 5.56 Å². The number of ether oxygens (including phenoxy) is 1. The molecular formula is C15H23FN2O. The number of anilines is 1. The number of hydrogen-bond acceptors (Lipinski definition) is 3. The van der Waals surface area contributed by atoms with Gasteiger partial charge in [-0.25, -0.2) is 0 Å². The van der Waals surface area contributed by atoms with E-state index in [2.05, 4.69) is 36.6 Å². The van der Waals surface area contributed by atoms with Gasteiger partial charge < -0.3 is 15.4 Å². The third-order valence-electron chi connectivity index (χ3n) is 3.67. The van der Waals surface area contributed by atoms with E-state index in [0.29, 0.717) is 25.8 Å². The maximum absolute atomic E-state index is 12.9. The molecule has 1 aromatic rings. The Balaban J connectivity index is 1.73. The van der Waals surface area contributed by atoms with Crippen molar-refractivity contribution in [2.45, 2.75) is 19.9 Å². The summed E-state index contributed by atoms with van der Waals surface area (Å²) in [6.45, 7) is 6.47. The van der Waals surface area contributed by atoms with Crippen molar-refractivity contribution in [1.29, 1.82) is 0 Å². The lowest BCUT2D eigenvalue weighted by Gasteiger charge is -2.40. The third kappa shape index (κ3) is 3.67. The van der Waals surface area contributed by atoms with Gasteiger partial charge in [-0.15, -0.1) is 0 Å². The summed E-state index contributed by atoms with van der Waals surface area (Å²) in [4.78, 5) is 0. The Morgan fingerprint density at radius 3 is 2.68 bits per heavy atom. The van der Waals surface area contributed by atoms with Crippen molar-refractivity contribution in [3.8, 4) is 0 Å². The zero-order valence-corrected chi connectivity index (χ0v) is 11.7. The van der Waals surface area contributed by atoms with Crippen LogP contribution in [-0.4, -0.2) is 39.0 Å². The molecule has 0 bridgehead atoms. The number of hydrogen-bond donors (Lipinski definition) is 2. The van der Waals surface area contributed by atoms with Gasteiger partial charge in [-0.05, 0) is 25.5 Å². The number of nitrogens with one attached hydrogen (secondary N) is 2. The summed E-state index contributed by atoms with van der Waals surface area (Å²) in [5.74, 6) is 0. The van der Waals surface area contributed by atoms with E-state index >= 15 is 0 Å². The first-order valence-corrected chi connectivity index (χ1v) is 6.82. The van der Waals surface area contributed by atoms with Crippen LogP contribution in [-0.2, 0) is 4.74 Å². The van der Waals surface area contributed by atoms with Gasteiger partial charge in [0.25, 0.3) is 0 Å². The van der Waals surface area contributed by atoms with Crippen molar-refractivity contribution in [3.63, 3.8) is 0 Å². The molecule has 0 saturated carbocycles. The van der Waals surface area contributed by atoms with E-state index in [4.69, 9.17) is 4.74 Å². The lowest BCUT2D eigenvalue weighted by Crippen LogP contribution is -2.53. The molecule has 3 nitrogen and oxygen atoms in total. The number of rotatable bonds is 7. The molecule has 1 saturated heterocycles. The maximum atomic E-state index is 12.9. The zero-order chi connectivity index (χ0) is 13.7. The molecule has 4 heteroatoms. The lowest BCUT2D eigenvalue weighted by molar-refractivity contribution is -0.121. The predicted octanol–water partition coefficient (Wildman–Crippen LogP) is 2.37. The Bertz CT molecular complexity index is 401. The highest BCUT2D eigenvalue weighted by atomic mass is 19.1. The lowest BCUT2D eigenvalue weighted by atomic mass is 9.87. The van der Waals surface area contributed by atoms with Crippen LogP contribution in [0.2, 0.25) is 0 Å². The molecule has 1 unspecified atom stereocenters. The van der Waals surface area contributed by atoms with E-state index < -0.39 is 0 Å². The van der Waals surface area contributed by atoms with Crippen LogP contribution in [0.25, 0.3) is 0 Å². The fourth-order valence-corrected chi connectivity index (χ4v) is 2.11. The van der Waals surface area contributed by atoms with E-state index in [9.17, 15) is 4.39 Å². The van der Waals surface area contributed by atoms with Crippen molar-refractivity contribution >= 4 is 5.69 Å². The molecular weight excluding hydrogens is 243 g/mol. The van der Waals surface area contributed by atoms with Crippen LogP contribution in [0, 0.1) is 12.3 Å². The summed E-state index contributed by atoms with van der Waals surface area (Å²) in [6.07, 6.45) is 0. The summed E-state index contributed by atoms with van der Waals surface area (Å²) >= 11 is 0. The van der Waals surface area contributed by atoms with Gasteiger partial charge in [0, 0.05) is 24.8 Å². The molecule has 19 heavy (non-hydrogen) atoms. The molecule has 0 radical (unpaired) electrons. The molecule has 2 N–H and O–H groups in total. The van der Waals surface area contributed by atoms with Crippen molar-refractivity contribution in [2.24, 2.45) is 5.41 Å². The van der Waals surface area contributed by atoms with Crippen molar-refractivity contribution in [3.05, 3.63) is 29.8 Å². The van der Waals surface area contributed by atoms with Crippen LogP contribution in [0.5, 0.6) is 0 Å². The topological polar surface area (TPSA) is 33.3 Å². The number of benzene rings is 1. The molecule has 1 atom stereocenters. The standard InChI is InChI=1S/C15H23FN2O/c1-12-5-3-4-6-14(12)17-7-13(2)18-9-15(8-16)10-19-11-15/h3-6,13,17-18H,7-11H2,1-2H3. The molecule has 0 amide bonds. The first-order chi connectivity index (χ1) is 9.15. The minimum atomic E-state index is -0.308. The Hall–Kier alpha value is -1.13. The molecule has 1 aliphatic heterocycles. The van der Waals surface area contributed by atoms with Crippen LogP contribution in [0.15, 0.2) is 24.3 Å². The van der Waals surface area contributed by atoms with Crippen LogP contribution in [0.3, 0.4) is 0 Å². The second-order valence-electron chi connectivity index (χ2n) is 5.60. The highest BCUT2D eigenvalue weighted by Crippen LogP contribution is 2.27. The molecule has 0 aromatic heterocycles. The first-order valence-electron chi connectivity index (χ1n) is 6.82. The van der Waals surface area contributed by atoms with Gasteiger partial charge in [-0.2, -0.15) is 0 Å². The molecule has 1 aliphatic rings. The minimum Gasteiger partial charge on any atom is -0.383 e. The summed E-state index contributed by atoms with van der Waals surface area (Å²) in [7, 11) is 0. The Kier molecular flexibility index (Phi) is 4.77. The Labute approximate surface area is 114 Å². The molecule has 106 valence electrons. The van der Waals surface area contributed by atoms with Gasteiger partial charge in [0.05, 0.1) is 18.6 Å². The van der Waals surface area contributed by atoms with Crippen LogP contribution in [0.4, 0.5) is 10.1 Å². The third-order valence-corrected chi connectivity index (χ3v) is 3.67.